The van der Waals surface area contributed by atoms with Gasteiger partial charge in [-0.15, -0.1) is 0 Å². The summed E-state index contributed by atoms with van der Waals surface area (Å²) >= 11 is 0. The van der Waals surface area contributed by atoms with E-state index >= 15 is 0 Å². The third-order valence-electron chi connectivity index (χ3n) is 14.2. The molecule has 3 saturated heterocycles. The smallest absolute Gasteiger partial charge is 0.220 e. The van der Waals surface area contributed by atoms with Crippen molar-refractivity contribution in [3.05, 3.63) is 24.3 Å². The van der Waals surface area contributed by atoms with Gasteiger partial charge in [0.05, 0.1) is 38.6 Å². The lowest BCUT2D eigenvalue weighted by Gasteiger charge is -2.48. The first-order valence-corrected chi connectivity index (χ1v) is 28.1. The SMILES string of the molecule is CCCCCCCCC/C=C\CCCCCCCCCC(=O)NC(COC1OC(CO)C(OC2OC(CO)C(OC3OC(CO)C(O)C(O)C3O)C(O)C2O)C(O)C1O)C(O)/C=C/CCCCCCCCCC. The fraction of sp³-hybridized carbons (Fsp3) is 0.907. The van der Waals surface area contributed by atoms with E-state index in [-0.39, 0.29) is 18.9 Å². The molecule has 3 fully saturated rings. The number of unbranched alkanes of at least 4 members (excludes halogenated alkanes) is 22. The Balaban J connectivity index is 1.51. The minimum absolute atomic E-state index is 0.239. The topological polar surface area (TPSA) is 307 Å². The lowest BCUT2D eigenvalue weighted by atomic mass is 9.96. The third-order valence-corrected chi connectivity index (χ3v) is 14.2. The first-order valence-electron chi connectivity index (χ1n) is 28.1. The molecule has 0 aliphatic carbocycles. The summed E-state index contributed by atoms with van der Waals surface area (Å²) in [7, 11) is 0. The van der Waals surface area contributed by atoms with Crippen LogP contribution in [-0.4, -0.2) is 193 Å². The molecule has 428 valence electrons. The lowest BCUT2D eigenvalue weighted by Crippen LogP contribution is -2.66. The molecule has 1 amide bonds. The summed E-state index contributed by atoms with van der Waals surface area (Å²) in [6.07, 6.45) is 10.4. The second-order valence-corrected chi connectivity index (χ2v) is 20.4. The van der Waals surface area contributed by atoms with E-state index in [4.69, 9.17) is 28.4 Å². The molecule has 19 nitrogen and oxygen atoms in total. The summed E-state index contributed by atoms with van der Waals surface area (Å²) in [6.45, 7) is 1.67. The first-order chi connectivity index (χ1) is 35.3. The van der Waals surface area contributed by atoms with Crippen LogP contribution in [0.4, 0.5) is 0 Å². The monoisotopic (exact) mass is 1050 g/mol. The molecule has 0 aromatic carbocycles. The van der Waals surface area contributed by atoms with E-state index in [9.17, 15) is 61.0 Å². The maximum atomic E-state index is 13.3. The Kier molecular flexibility index (Phi) is 34.8. The van der Waals surface area contributed by atoms with Crippen LogP contribution in [0.25, 0.3) is 0 Å². The number of carbonyl (C=O) groups excluding carboxylic acids is 1. The molecule has 0 radical (unpaired) electrons. The van der Waals surface area contributed by atoms with E-state index < -0.39 is 124 Å². The Bertz CT molecular complexity index is 1440. The van der Waals surface area contributed by atoms with Crippen molar-refractivity contribution < 1.29 is 89.4 Å². The molecule has 0 aromatic rings. The Morgan fingerprint density at radius 1 is 0.479 bits per heavy atom. The van der Waals surface area contributed by atoms with Crippen molar-refractivity contribution >= 4 is 5.91 Å². The molecule has 19 heteroatoms. The van der Waals surface area contributed by atoms with E-state index in [0.29, 0.717) is 6.42 Å². The summed E-state index contributed by atoms with van der Waals surface area (Å²) < 4.78 is 34.1. The van der Waals surface area contributed by atoms with Gasteiger partial charge in [0.25, 0.3) is 0 Å². The Labute approximate surface area is 435 Å². The molecule has 0 saturated carbocycles. The molecular formula is C54H99NO18. The molecule has 0 spiro atoms. The number of aliphatic hydroxyl groups excluding tert-OH is 11. The summed E-state index contributed by atoms with van der Waals surface area (Å²) in [6, 6.07) is -0.970. The number of carbonyl (C=O) groups is 1. The van der Waals surface area contributed by atoms with Crippen LogP contribution in [0.5, 0.6) is 0 Å². The zero-order valence-corrected chi connectivity index (χ0v) is 44.1. The molecule has 17 atom stereocenters. The minimum atomic E-state index is -1.98. The standard InChI is InChI=1S/C54H99NO18/c1-3-5-7-9-11-13-15-16-17-18-19-20-21-22-24-26-28-30-32-42(60)55-37(38(59)31-29-27-25-23-14-12-10-8-6-4-2)36-68-52-48(66)45(63)50(40(34-57)70-52)73-54-49(67)46(64)51(41(35-58)71-54)72-53-47(65)44(62)43(61)39(33-56)69-53/h17-18,29,31,37-41,43-54,56-59,61-67H,3-16,19-28,30,32-36H2,1-2H3,(H,55,60)/b18-17-,31-29+. The van der Waals surface area contributed by atoms with Gasteiger partial charge >= 0.3 is 0 Å². The molecule has 73 heavy (non-hydrogen) atoms. The number of nitrogens with one attached hydrogen (secondary N) is 1. The molecule has 17 unspecified atom stereocenters. The molecule has 3 rings (SSSR count). The molecular weight excluding hydrogens is 951 g/mol. The van der Waals surface area contributed by atoms with Gasteiger partial charge in [-0.2, -0.15) is 0 Å². The van der Waals surface area contributed by atoms with Gasteiger partial charge < -0.3 is 89.9 Å². The van der Waals surface area contributed by atoms with Crippen LogP contribution in [0, 0.1) is 0 Å². The molecule has 12 N–H and O–H groups in total. The largest absolute Gasteiger partial charge is 0.394 e. The van der Waals surface area contributed by atoms with Gasteiger partial charge in [0.15, 0.2) is 18.9 Å². The van der Waals surface area contributed by atoms with Crippen molar-refractivity contribution in [2.75, 3.05) is 26.4 Å². The summed E-state index contributed by atoms with van der Waals surface area (Å²) in [5, 5.41) is 120. The number of rotatable bonds is 40. The van der Waals surface area contributed by atoms with Crippen molar-refractivity contribution in [3.8, 4) is 0 Å². The predicted octanol–water partition coefficient (Wildman–Crippen LogP) is 3.59. The molecule has 3 aliphatic heterocycles. The van der Waals surface area contributed by atoms with Crippen LogP contribution in [-0.2, 0) is 33.2 Å². The van der Waals surface area contributed by atoms with E-state index in [1.807, 2.05) is 6.08 Å². The average Bonchev–Trinajstić information content (AvgIpc) is 3.39. The van der Waals surface area contributed by atoms with Gasteiger partial charge in [0.1, 0.15) is 73.2 Å². The van der Waals surface area contributed by atoms with E-state index in [0.717, 1.165) is 57.8 Å². The highest BCUT2D eigenvalue weighted by molar-refractivity contribution is 5.76. The first kappa shape index (κ1) is 65.6. The fourth-order valence-electron chi connectivity index (χ4n) is 9.54. The average molecular weight is 1050 g/mol. The maximum Gasteiger partial charge on any atom is 0.220 e. The van der Waals surface area contributed by atoms with Crippen molar-refractivity contribution in [3.63, 3.8) is 0 Å². The van der Waals surface area contributed by atoms with E-state index in [1.165, 1.54) is 96.3 Å². The van der Waals surface area contributed by atoms with Crippen LogP contribution in [0.1, 0.15) is 181 Å². The van der Waals surface area contributed by atoms with Gasteiger partial charge in [-0.3, -0.25) is 4.79 Å². The number of hydrogen-bond donors (Lipinski definition) is 12. The fourth-order valence-corrected chi connectivity index (χ4v) is 9.54. The second kappa shape index (κ2) is 38.8. The zero-order valence-electron chi connectivity index (χ0n) is 44.1. The summed E-state index contributed by atoms with van der Waals surface area (Å²) in [5.41, 5.74) is 0. The third kappa shape index (κ3) is 23.8. The van der Waals surface area contributed by atoms with Crippen LogP contribution >= 0.6 is 0 Å². The van der Waals surface area contributed by atoms with Crippen LogP contribution in [0.3, 0.4) is 0 Å². The molecule has 0 bridgehead atoms. The number of amides is 1. The van der Waals surface area contributed by atoms with Crippen LogP contribution in [0.15, 0.2) is 24.3 Å². The number of ether oxygens (including phenoxy) is 6. The second-order valence-electron chi connectivity index (χ2n) is 20.4. The van der Waals surface area contributed by atoms with E-state index in [1.54, 1.807) is 6.08 Å². The highest BCUT2D eigenvalue weighted by atomic mass is 16.8. The normalized spacial score (nSPS) is 31.9. The minimum Gasteiger partial charge on any atom is -0.394 e. The summed E-state index contributed by atoms with van der Waals surface area (Å²) in [4.78, 5) is 13.3. The quantitative estimate of drug-likeness (QED) is 0.0308. The van der Waals surface area contributed by atoms with Crippen molar-refractivity contribution in [2.45, 2.75) is 285 Å². The zero-order chi connectivity index (χ0) is 53.4. The number of aliphatic hydroxyl groups is 11. The Morgan fingerprint density at radius 3 is 1.33 bits per heavy atom. The van der Waals surface area contributed by atoms with Gasteiger partial charge in [-0.25, -0.2) is 0 Å². The van der Waals surface area contributed by atoms with Crippen molar-refractivity contribution in [2.24, 2.45) is 0 Å². The molecule has 0 aromatic heterocycles. The van der Waals surface area contributed by atoms with Gasteiger partial charge in [-0.1, -0.05) is 154 Å². The Hall–Kier alpha value is -1.73. The van der Waals surface area contributed by atoms with Crippen LogP contribution in [0.2, 0.25) is 0 Å². The predicted molar refractivity (Wildman–Crippen MR) is 273 cm³/mol. The van der Waals surface area contributed by atoms with E-state index in [2.05, 4.69) is 31.3 Å². The number of allylic oxidation sites excluding steroid dienone is 3. The van der Waals surface area contributed by atoms with Gasteiger partial charge in [-0.05, 0) is 44.9 Å². The maximum absolute atomic E-state index is 13.3. The highest BCUT2D eigenvalue weighted by Crippen LogP contribution is 2.33. The molecule has 3 aliphatic rings. The lowest BCUT2D eigenvalue weighted by molar-refractivity contribution is -0.379. The molecule has 3 heterocycles. The van der Waals surface area contributed by atoms with Gasteiger partial charge in [0, 0.05) is 6.42 Å². The van der Waals surface area contributed by atoms with Gasteiger partial charge in [0.2, 0.25) is 5.91 Å². The van der Waals surface area contributed by atoms with Crippen molar-refractivity contribution in [1.29, 1.82) is 0 Å². The Morgan fingerprint density at radius 2 is 0.863 bits per heavy atom. The van der Waals surface area contributed by atoms with Crippen LogP contribution < -0.4 is 5.32 Å². The number of hydrogen-bond acceptors (Lipinski definition) is 18. The van der Waals surface area contributed by atoms with Crippen molar-refractivity contribution in [1.82, 2.24) is 5.32 Å². The highest BCUT2D eigenvalue weighted by Gasteiger charge is 2.53. The summed E-state index contributed by atoms with van der Waals surface area (Å²) in [5.74, 6) is -0.283.